The molecule has 5 heteroatoms. The molecule has 0 atom stereocenters. The van der Waals surface area contributed by atoms with Crippen molar-refractivity contribution in [2.24, 2.45) is 5.73 Å². The van der Waals surface area contributed by atoms with Crippen LogP contribution in [0, 0.1) is 0 Å². The number of amides is 1. The lowest BCUT2D eigenvalue weighted by Gasteiger charge is -2.11. The summed E-state index contributed by atoms with van der Waals surface area (Å²) in [6.45, 7) is -0.0306. The van der Waals surface area contributed by atoms with Crippen molar-refractivity contribution in [1.29, 1.82) is 0 Å². The quantitative estimate of drug-likeness (QED) is 0.713. The van der Waals surface area contributed by atoms with Crippen molar-refractivity contribution in [3.63, 3.8) is 0 Å². The lowest BCUT2D eigenvalue weighted by atomic mass is 10.4. The standard InChI is InChI=1S/C9H14N4O/c1-13(2)7-3-4-8(11-6-7)12-9(14)5-10/h3-4,6H,5,10H2,1-2H3,(H,11,12,14). The molecule has 0 spiro atoms. The van der Waals surface area contributed by atoms with Crippen LogP contribution in [0.2, 0.25) is 0 Å². The predicted molar refractivity (Wildman–Crippen MR) is 56.2 cm³/mol. The average molecular weight is 194 g/mol. The number of anilines is 2. The first-order chi connectivity index (χ1) is 6.63. The van der Waals surface area contributed by atoms with Gasteiger partial charge in [0, 0.05) is 14.1 Å². The zero-order valence-electron chi connectivity index (χ0n) is 8.32. The molecular formula is C9H14N4O. The van der Waals surface area contributed by atoms with Gasteiger partial charge in [0.05, 0.1) is 18.4 Å². The monoisotopic (exact) mass is 194 g/mol. The van der Waals surface area contributed by atoms with E-state index in [1.165, 1.54) is 0 Å². The predicted octanol–water partition coefficient (Wildman–Crippen LogP) is 0.0448. The summed E-state index contributed by atoms with van der Waals surface area (Å²) in [4.78, 5) is 16.9. The summed E-state index contributed by atoms with van der Waals surface area (Å²) in [5.41, 5.74) is 6.13. The minimum absolute atomic E-state index is 0.0306. The normalized spacial score (nSPS) is 9.64. The van der Waals surface area contributed by atoms with E-state index >= 15 is 0 Å². The Morgan fingerprint density at radius 1 is 1.57 bits per heavy atom. The molecule has 3 N–H and O–H groups in total. The Morgan fingerprint density at radius 2 is 2.29 bits per heavy atom. The average Bonchev–Trinajstić information content (AvgIpc) is 2.18. The van der Waals surface area contributed by atoms with Crippen molar-refractivity contribution in [1.82, 2.24) is 4.98 Å². The molecule has 5 nitrogen and oxygen atoms in total. The van der Waals surface area contributed by atoms with E-state index in [9.17, 15) is 4.79 Å². The van der Waals surface area contributed by atoms with Gasteiger partial charge in [-0.15, -0.1) is 0 Å². The van der Waals surface area contributed by atoms with Crippen molar-refractivity contribution >= 4 is 17.4 Å². The fraction of sp³-hybridized carbons (Fsp3) is 0.333. The molecule has 0 bridgehead atoms. The van der Waals surface area contributed by atoms with Gasteiger partial charge in [-0.1, -0.05) is 0 Å². The summed E-state index contributed by atoms with van der Waals surface area (Å²) in [6, 6.07) is 3.61. The van der Waals surface area contributed by atoms with E-state index in [4.69, 9.17) is 5.73 Å². The molecule has 1 amide bonds. The lowest BCUT2D eigenvalue weighted by Crippen LogP contribution is -2.22. The molecule has 1 heterocycles. The summed E-state index contributed by atoms with van der Waals surface area (Å²) >= 11 is 0. The minimum Gasteiger partial charge on any atom is -0.376 e. The number of nitrogens with two attached hydrogens (primary N) is 1. The highest BCUT2D eigenvalue weighted by Crippen LogP contribution is 2.11. The van der Waals surface area contributed by atoms with Crippen molar-refractivity contribution in [2.75, 3.05) is 30.9 Å². The van der Waals surface area contributed by atoms with Crippen molar-refractivity contribution in [3.8, 4) is 0 Å². The second-order valence-electron chi connectivity index (χ2n) is 3.05. The Kier molecular flexibility index (Phi) is 3.41. The van der Waals surface area contributed by atoms with Gasteiger partial charge in [0.2, 0.25) is 5.91 Å². The molecule has 76 valence electrons. The highest BCUT2D eigenvalue weighted by atomic mass is 16.1. The fourth-order valence-corrected chi connectivity index (χ4v) is 0.918. The smallest absolute Gasteiger partial charge is 0.239 e. The number of carbonyl (C=O) groups is 1. The molecule has 0 radical (unpaired) electrons. The van der Waals surface area contributed by atoms with Gasteiger partial charge in [0.15, 0.2) is 0 Å². The Morgan fingerprint density at radius 3 is 2.71 bits per heavy atom. The molecule has 0 aliphatic carbocycles. The molecule has 0 saturated heterocycles. The van der Waals surface area contributed by atoms with E-state index in [1.807, 2.05) is 25.1 Å². The molecule has 0 unspecified atom stereocenters. The molecule has 0 aromatic carbocycles. The SMILES string of the molecule is CN(C)c1ccc(NC(=O)CN)nc1. The van der Waals surface area contributed by atoms with Crippen LogP contribution in [0.25, 0.3) is 0 Å². The van der Waals surface area contributed by atoms with Crippen molar-refractivity contribution < 1.29 is 4.79 Å². The molecule has 0 fully saturated rings. The zero-order chi connectivity index (χ0) is 10.6. The molecule has 0 aliphatic rings. The van der Waals surface area contributed by atoms with Crippen LogP contribution in [0.3, 0.4) is 0 Å². The number of rotatable bonds is 3. The Balaban J connectivity index is 2.69. The van der Waals surface area contributed by atoms with E-state index in [0.717, 1.165) is 5.69 Å². The van der Waals surface area contributed by atoms with E-state index in [2.05, 4.69) is 10.3 Å². The van der Waals surface area contributed by atoms with Crippen molar-refractivity contribution in [2.45, 2.75) is 0 Å². The van der Waals surface area contributed by atoms with E-state index in [1.54, 1.807) is 12.3 Å². The third kappa shape index (κ3) is 2.70. The van der Waals surface area contributed by atoms with Crippen LogP contribution in [0.5, 0.6) is 0 Å². The Labute approximate surface area is 82.9 Å². The van der Waals surface area contributed by atoms with Crippen LogP contribution in [0.4, 0.5) is 11.5 Å². The van der Waals surface area contributed by atoms with Gasteiger partial charge in [-0.3, -0.25) is 4.79 Å². The number of nitrogens with zero attached hydrogens (tertiary/aromatic N) is 2. The van der Waals surface area contributed by atoms with E-state index in [-0.39, 0.29) is 12.5 Å². The van der Waals surface area contributed by atoms with Gasteiger partial charge in [-0.05, 0) is 12.1 Å². The highest BCUT2D eigenvalue weighted by molar-refractivity contribution is 5.91. The second-order valence-corrected chi connectivity index (χ2v) is 3.05. The van der Waals surface area contributed by atoms with Crippen LogP contribution in [0.1, 0.15) is 0 Å². The number of nitrogens with one attached hydrogen (secondary N) is 1. The Bertz CT molecular complexity index is 307. The number of pyridine rings is 1. The molecule has 1 aromatic rings. The van der Waals surface area contributed by atoms with Gasteiger partial charge >= 0.3 is 0 Å². The largest absolute Gasteiger partial charge is 0.376 e. The maximum atomic E-state index is 10.9. The first-order valence-corrected chi connectivity index (χ1v) is 4.27. The fourth-order valence-electron chi connectivity index (χ4n) is 0.918. The van der Waals surface area contributed by atoms with Gasteiger partial charge in [0.25, 0.3) is 0 Å². The maximum Gasteiger partial charge on any atom is 0.239 e. The van der Waals surface area contributed by atoms with Crippen LogP contribution >= 0.6 is 0 Å². The number of carbonyl (C=O) groups excluding carboxylic acids is 1. The molecule has 1 rings (SSSR count). The summed E-state index contributed by atoms with van der Waals surface area (Å²) < 4.78 is 0. The highest BCUT2D eigenvalue weighted by Gasteiger charge is 2.00. The van der Waals surface area contributed by atoms with Crippen molar-refractivity contribution in [3.05, 3.63) is 18.3 Å². The lowest BCUT2D eigenvalue weighted by molar-refractivity contribution is -0.114. The number of hydrogen-bond acceptors (Lipinski definition) is 4. The van der Waals surface area contributed by atoms with Crippen LogP contribution < -0.4 is 16.0 Å². The summed E-state index contributed by atoms with van der Waals surface area (Å²) in [5, 5.41) is 2.56. The summed E-state index contributed by atoms with van der Waals surface area (Å²) in [7, 11) is 3.85. The van der Waals surface area contributed by atoms with Gasteiger partial charge < -0.3 is 16.0 Å². The zero-order valence-corrected chi connectivity index (χ0v) is 8.32. The first kappa shape index (κ1) is 10.5. The third-order valence-corrected chi connectivity index (χ3v) is 1.72. The maximum absolute atomic E-state index is 10.9. The molecule has 1 aromatic heterocycles. The van der Waals surface area contributed by atoms with Crippen LogP contribution in [-0.4, -0.2) is 31.5 Å². The van der Waals surface area contributed by atoms with E-state index in [0.29, 0.717) is 5.82 Å². The number of hydrogen-bond donors (Lipinski definition) is 2. The van der Waals surface area contributed by atoms with Gasteiger partial charge in [0.1, 0.15) is 5.82 Å². The first-order valence-electron chi connectivity index (χ1n) is 4.27. The summed E-state index contributed by atoms with van der Waals surface area (Å²) in [5.74, 6) is 0.279. The van der Waals surface area contributed by atoms with Crippen LogP contribution in [0.15, 0.2) is 18.3 Å². The third-order valence-electron chi connectivity index (χ3n) is 1.72. The molecule has 0 saturated carbocycles. The molecule has 0 aliphatic heterocycles. The molecule has 14 heavy (non-hydrogen) atoms. The van der Waals surface area contributed by atoms with Gasteiger partial charge in [-0.2, -0.15) is 0 Å². The molecular weight excluding hydrogens is 180 g/mol. The second kappa shape index (κ2) is 4.57. The Hall–Kier alpha value is -1.62. The number of aromatic nitrogens is 1. The van der Waals surface area contributed by atoms with Gasteiger partial charge in [-0.25, -0.2) is 4.98 Å². The minimum atomic E-state index is -0.241. The van der Waals surface area contributed by atoms with E-state index < -0.39 is 0 Å². The van der Waals surface area contributed by atoms with Crippen LogP contribution in [-0.2, 0) is 4.79 Å². The summed E-state index contributed by atoms with van der Waals surface area (Å²) in [6.07, 6.45) is 1.69. The topological polar surface area (TPSA) is 71.2 Å².